The molecular weight excluding hydrogens is 388 g/mol. The van der Waals surface area contributed by atoms with Crippen LogP contribution in [0.2, 0.25) is 0 Å². The molecular formula is C27H42O4. The quantitative estimate of drug-likeness (QED) is 0.219. The van der Waals surface area contributed by atoms with E-state index in [2.05, 4.69) is 67.7 Å². The molecule has 174 valence electrons. The Bertz CT molecular complexity index is 617. The van der Waals surface area contributed by atoms with E-state index in [1.165, 1.54) is 0 Å². The minimum atomic E-state index is -0.850. The Labute approximate surface area is 189 Å². The summed E-state index contributed by atoms with van der Waals surface area (Å²) < 4.78 is 5.10. The Balaban J connectivity index is 3.92. The number of aliphatic hydroxyl groups is 2. The van der Waals surface area contributed by atoms with Gasteiger partial charge in [-0.25, -0.2) is 0 Å². The number of ether oxygens (including phenoxy) is 1. The van der Waals surface area contributed by atoms with Crippen molar-refractivity contribution in [3.05, 3.63) is 72.9 Å². The van der Waals surface area contributed by atoms with Crippen LogP contribution in [0.1, 0.15) is 65.7 Å². The standard InChI is InChI=1S/C27H42O4/c1-4-5-6-7-8-9-10-11-12-13-14-15-16-17-18-19-20-21-22-27(2,3)26(30)31-25(23-28)24-29/h5-6,8-9,11-12,14-15,17-18,20-21,25,28-29H,4,7,10,13,16,19,22-24H2,1-3H3/b6-5+,9-8+,12-11+,15-14+,18-17+,21-20+. The van der Waals surface area contributed by atoms with Crippen LogP contribution in [0.3, 0.4) is 0 Å². The summed E-state index contributed by atoms with van der Waals surface area (Å²) in [7, 11) is 0. The van der Waals surface area contributed by atoms with Gasteiger partial charge in [-0.2, -0.15) is 0 Å². The maximum atomic E-state index is 12.1. The number of carbonyl (C=O) groups is 1. The first kappa shape index (κ1) is 28.8. The molecule has 0 unspecified atom stereocenters. The van der Waals surface area contributed by atoms with Crippen molar-refractivity contribution in [2.45, 2.75) is 71.8 Å². The number of hydrogen-bond acceptors (Lipinski definition) is 4. The summed E-state index contributed by atoms with van der Waals surface area (Å²) in [6.07, 6.45) is 31.2. The lowest BCUT2D eigenvalue weighted by Gasteiger charge is -2.23. The van der Waals surface area contributed by atoms with Crippen LogP contribution in [0.25, 0.3) is 0 Å². The van der Waals surface area contributed by atoms with Gasteiger partial charge in [-0.1, -0.05) is 79.8 Å². The Morgan fingerprint density at radius 3 is 1.42 bits per heavy atom. The van der Waals surface area contributed by atoms with Crippen LogP contribution >= 0.6 is 0 Å². The zero-order valence-corrected chi connectivity index (χ0v) is 19.6. The van der Waals surface area contributed by atoms with E-state index in [4.69, 9.17) is 14.9 Å². The predicted molar refractivity (Wildman–Crippen MR) is 131 cm³/mol. The molecule has 0 saturated carbocycles. The second kappa shape index (κ2) is 19.8. The first-order chi connectivity index (χ1) is 15.0. The average molecular weight is 431 g/mol. The molecule has 0 amide bonds. The summed E-state index contributed by atoms with van der Waals surface area (Å²) in [5.41, 5.74) is -0.694. The Morgan fingerprint density at radius 1 is 0.710 bits per heavy atom. The van der Waals surface area contributed by atoms with Crippen molar-refractivity contribution < 1.29 is 19.7 Å². The number of aliphatic hydroxyl groups excluding tert-OH is 2. The average Bonchev–Trinajstić information content (AvgIpc) is 2.76. The lowest BCUT2D eigenvalue weighted by atomic mass is 9.89. The molecule has 0 aromatic heterocycles. The van der Waals surface area contributed by atoms with Gasteiger partial charge in [0.1, 0.15) is 6.10 Å². The second-order valence-corrected chi connectivity index (χ2v) is 7.90. The van der Waals surface area contributed by atoms with E-state index >= 15 is 0 Å². The van der Waals surface area contributed by atoms with Gasteiger partial charge in [-0.05, 0) is 58.8 Å². The number of hydrogen-bond donors (Lipinski definition) is 2. The highest BCUT2D eigenvalue weighted by molar-refractivity contribution is 5.76. The van der Waals surface area contributed by atoms with Gasteiger partial charge in [0.25, 0.3) is 0 Å². The predicted octanol–water partition coefficient (Wildman–Crippen LogP) is 6.00. The summed E-state index contributed by atoms with van der Waals surface area (Å²) in [6.45, 7) is 4.98. The van der Waals surface area contributed by atoms with Crippen LogP contribution in [0.4, 0.5) is 0 Å². The lowest BCUT2D eigenvalue weighted by molar-refractivity contribution is -0.163. The van der Waals surface area contributed by atoms with E-state index in [0.717, 1.165) is 38.5 Å². The SMILES string of the molecule is CC/C=C/C/C=C/C/C=C/C/C=C/C/C=C/C/C=C/CC(C)(C)C(=O)OC(CO)CO. The maximum absolute atomic E-state index is 12.1. The summed E-state index contributed by atoms with van der Waals surface area (Å²) >= 11 is 0. The minimum absolute atomic E-state index is 0.377. The number of esters is 1. The molecule has 0 atom stereocenters. The molecule has 0 aliphatic heterocycles. The Morgan fingerprint density at radius 2 is 1.06 bits per heavy atom. The van der Waals surface area contributed by atoms with Crippen molar-refractivity contribution in [2.75, 3.05) is 13.2 Å². The van der Waals surface area contributed by atoms with Gasteiger partial charge in [-0.3, -0.25) is 4.79 Å². The molecule has 0 rings (SSSR count). The summed E-state index contributed by atoms with van der Waals surface area (Å²) in [5, 5.41) is 18.0. The third kappa shape index (κ3) is 17.2. The maximum Gasteiger partial charge on any atom is 0.312 e. The van der Waals surface area contributed by atoms with E-state index < -0.39 is 17.5 Å². The smallest absolute Gasteiger partial charge is 0.312 e. The lowest BCUT2D eigenvalue weighted by Crippen LogP contribution is -2.33. The molecule has 0 saturated heterocycles. The first-order valence-electron chi connectivity index (χ1n) is 11.3. The fourth-order valence-electron chi connectivity index (χ4n) is 2.43. The van der Waals surface area contributed by atoms with Gasteiger partial charge in [0.05, 0.1) is 18.6 Å². The number of rotatable bonds is 17. The fraction of sp³-hybridized carbons (Fsp3) is 0.519. The van der Waals surface area contributed by atoms with E-state index in [1.807, 2.05) is 12.2 Å². The van der Waals surface area contributed by atoms with Crippen LogP contribution < -0.4 is 0 Å². The molecule has 4 heteroatoms. The molecule has 2 N–H and O–H groups in total. The number of allylic oxidation sites excluding steroid dienone is 12. The van der Waals surface area contributed by atoms with Crippen molar-refractivity contribution >= 4 is 5.97 Å². The Hall–Kier alpha value is -2.17. The summed E-state index contributed by atoms with van der Waals surface area (Å²) in [5.74, 6) is -0.417. The monoisotopic (exact) mass is 430 g/mol. The summed E-state index contributed by atoms with van der Waals surface area (Å²) in [6, 6.07) is 0. The van der Waals surface area contributed by atoms with E-state index in [9.17, 15) is 4.79 Å². The van der Waals surface area contributed by atoms with Crippen molar-refractivity contribution in [3.8, 4) is 0 Å². The third-order valence-electron chi connectivity index (χ3n) is 4.46. The van der Waals surface area contributed by atoms with E-state index in [1.54, 1.807) is 13.8 Å². The van der Waals surface area contributed by atoms with Gasteiger partial charge < -0.3 is 14.9 Å². The number of carbonyl (C=O) groups excluding carboxylic acids is 1. The normalized spacial score (nSPS) is 13.5. The topological polar surface area (TPSA) is 66.8 Å². The van der Waals surface area contributed by atoms with Crippen LogP contribution in [-0.2, 0) is 9.53 Å². The minimum Gasteiger partial charge on any atom is -0.457 e. The molecule has 0 radical (unpaired) electrons. The molecule has 0 aromatic carbocycles. The molecule has 0 heterocycles. The molecule has 0 aromatic rings. The zero-order valence-electron chi connectivity index (χ0n) is 19.6. The van der Waals surface area contributed by atoms with Gasteiger partial charge >= 0.3 is 5.97 Å². The van der Waals surface area contributed by atoms with Crippen LogP contribution in [0.5, 0.6) is 0 Å². The largest absolute Gasteiger partial charge is 0.457 e. The molecule has 4 nitrogen and oxygen atoms in total. The molecule has 31 heavy (non-hydrogen) atoms. The van der Waals surface area contributed by atoms with Gasteiger partial charge in [-0.15, -0.1) is 0 Å². The molecule has 0 spiro atoms. The van der Waals surface area contributed by atoms with Crippen LogP contribution in [-0.4, -0.2) is 35.5 Å². The van der Waals surface area contributed by atoms with Crippen molar-refractivity contribution in [1.82, 2.24) is 0 Å². The second-order valence-electron chi connectivity index (χ2n) is 7.90. The molecule has 0 aliphatic rings. The van der Waals surface area contributed by atoms with Gasteiger partial charge in [0.2, 0.25) is 0 Å². The van der Waals surface area contributed by atoms with Crippen LogP contribution in [0, 0.1) is 5.41 Å². The van der Waals surface area contributed by atoms with E-state index in [0.29, 0.717) is 6.42 Å². The third-order valence-corrected chi connectivity index (χ3v) is 4.46. The van der Waals surface area contributed by atoms with E-state index in [-0.39, 0.29) is 13.2 Å². The van der Waals surface area contributed by atoms with Crippen molar-refractivity contribution in [2.24, 2.45) is 5.41 Å². The molecule has 0 bridgehead atoms. The Kier molecular flexibility index (Phi) is 18.4. The summed E-state index contributed by atoms with van der Waals surface area (Å²) in [4.78, 5) is 12.1. The highest BCUT2D eigenvalue weighted by Gasteiger charge is 2.29. The van der Waals surface area contributed by atoms with Crippen molar-refractivity contribution in [1.29, 1.82) is 0 Å². The highest BCUT2D eigenvalue weighted by atomic mass is 16.6. The molecule has 0 aliphatic carbocycles. The zero-order chi connectivity index (χ0) is 23.2. The van der Waals surface area contributed by atoms with Crippen LogP contribution in [0.15, 0.2) is 72.9 Å². The first-order valence-corrected chi connectivity index (χ1v) is 11.3. The van der Waals surface area contributed by atoms with Crippen molar-refractivity contribution in [3.63, 3.8) is 0 Å². The molecule has 0 fully saturated rings. The van der Waals surface area contributed by atoms with Gasteiger partial charge in [0.15, 0.2) is 0 Å². The highest BCUT2D eigenvalue weighted by Crippen LogP contribution is 2.23. The fourth-order valence-corrected chi connectivity index (χ4v) is 2.43. The van der Waals surface area contributed by atoms with Gasteiger partial charge in [0, 0.05) is 0 Å².